The highest BCUT2D eigenvalue weighted by molar-refractivity contribution is 7.98. The lowest BCUT2D eigenvalue weighted by atomic mass is 9.78. The fourth-order valence-corrected chi connectivity index (χ4v) is 5.39. The second-order valence-electron chi connectivity index (χ2n) is 8.40. The Hall–Kier alpha value is -2.51. The number of benzene rings is 2. The maximum atomic E-state index is 13.5. The molecule has 4 rings (SSSR count). The second-order valence-corrected chi connectivity index (χ2v) is 9.38. The van der Waals surface area contributed by atoms with E-state index in [1.165, 1.54) is 0 Å². The van der Waals surface area contributed by atoms with Gasteiger partial charge in [-0.3, -0.25) is 14.9 Å². The van der Waals surface area contributed by atoms with Gasteiger partial charge in [0.2, 0.25) is 11.8 Å². The molecule has 0 aromatic heterocycles. The number of amides is 2. The zero-order valence-corrected chi connectivity index (χ0v) is 19.2. The Kier molecular flexibility index (Phi) is 5.99. The molecule has 2 aliphatic heterocycles. The van der Waals surface area contributed by atoms with Gasteiger partial charge in [-0.2, -0.15) is 11.8 Å². The Balaban J connectivity index is 1.71. The van der Waals surface area contributed by atoms with Gasteiger partial charge in [-0.25, -0.2) is 0 Å². The monoisotopic (exact) mass is 439 g/mol. The van der Waals surface area contributed by atoms with Crippen LogP contribution in [0.15, 0.2) is 36.4 Å². The first-order chi connectivity index (χ1) is 14.9. The Morgan fingerprint density at radius 3 is 2.68 bits per heavy atom. The van der Waals surface area contributed by atoms with Gasteiger partial charge in [-0.1, -0.05) is 17.7 Å². The predicted octanol–water partition coefficient (Wildman–Crippen LogP) is 3.83. The van der Waals surface area contributed by atoms with Crippen LogP contribution in [-0.4, -0.2) is 37.0 Å². The first-order valence-electron chi connectivity index (χ1n) is 10.5. The third-order valence-electron chi connectivity index (χ3n) is 6.32. The topological polar surface area (TPSA) is 79.5 Å². The maximum Gasteiger partial charge on any atom is 0.250 e. The number of anilines is 2. The van der Waals surface area contributed by atoms with Gasteiger partial charge in [-0.15, -0.1) is 0 Å². The summed E-state index contributed by atoms with van der Waals surface area (Å²) in [6.07, 6.45) is 3.59. The first kappa shape index (κ1) is 21.7. The van der Waals surface area contributed by atoms with Crippen molar-refractivity contribution in [1.82, 2.24) is 5.32 Å². The minimum absolute atomic E-state index is 0.0941. The highest BCUT2D eigenvalue weighted by atomic mass is 32.2. The molecule has 0 radical (unpaired) electrons. The SMILES string of the molecule is COc1ccc(NC(=O)[C@@H]2C[C@@H](CCSC)N[C@]23C(=O)Nc2c(C)cc(C)cc23)cc1. The van der Waals surface area contributed by atoms with Crippen molar-refractivity contribution in [3.63, 3.8) is 0 Å². The summed E-state index contributed by atoms with van der Waals surface area (Å²) in [5.74, 6) is 0.902. The van der Waals surface area contributed by atoms with Gasteiger partial charge in [0, 0.05) is 23.0 Å². The molecule has 1 fully saturated rings. The van der Waals surface area contributed by atoms with Crippen molar-refractivity contribution in [2.24, 2.45) is 5.92 Å². The van der Waals surface area contributed by atoms with Crippen molar-refractivity contribution in [3.05, 3.63) is 53.1 Å². The Morgan fingerprint density at radius 2 is 2.00 bits per heavy atom. The van der Waals surface area contributed by atoms with Gasteiger partial charge in [0.15, 0.2) is 0 Å². The lowest BCUT2D eigenvalue weighted by molar-refractivity contribution is -0.130. The van der Waals surface area contributed by atoms with Gasteiger partial charge < -0.3 is 15.4 Å². The van der Waals surface area contributed by atoms with Crippen LogP contribution >= 0.6 is 11.8 Å². The summed E-state index contributed by atoms with van der Waals surface area (Å²) < 4.78 is 5.20. The average Bonchev–Trinajstić information content (AvgIpc) is 3.27. The Labute approximate surface area is 187 Å². The smallest absolute Gasteiger partial charge is 0.250 e. The molecule has 164 valence electrons. The number of ether oxygens (including phenoxy) is 1. The summed E-state index contributed by atoms with van der Waals surface area (Å²) in [5.41, 5.74) is 3.45. The highest BCUT2D eigenvalue weighted by Crippen LogP contribution is 2.49. The Bertz CT molecular complexity index is 1010. The number of rotatable bonds is 6. The van der Waals surface area contributed by atoms with Crippen LogP contribution in [-0.2, 0) is 15.1 Å². The molecular formula is C24H29N3O3S. The van der Waals surface area contributed by atoms with Crippen LogP contribution in [0.1, 0.15) is 29.5 Å². The summed E-state index contributed by atoms with van der Waals surface area (Å²) >= 11 is 1.77. The Morgan fingerprint density at radius 1 is 1.26 bits per heavy atom. The number of hydrogen-bond acceptors (Lipinski definition) is 5. The van der Waals surface area contributed by atoms with Crippen molar-refractivity contribution in [1.29, 1.82) is 0 Å². The van der Waals surface area contributed by atoms with E-state index in [1.807, 2.05) is 44.2 Å². The molecule has 31 heavy (non-hydrogen) atoms. The minimum Gasteiger partial charge on any atom is -0.497 e. The molecule has 2 heterocycles. The van der Waals surface area contributed by atoms with Crippen LogP contribution in [0.5, 0.6) is 5.75 Å². The summed E-state index contributed by atoms with van der Waals surface area (Å²) in [6.45, 7) is 4.02. The predicted molar refractivity (Wildman–Crippen MR) is 126 cm³/mol. The second kappa shape index (κ2) is 8.55. The van der Waals surface area contributed by atoms with E-state index in [4.69, 9.17) is 4.74 Å². The number of carbonyl (C=O) groups excluding carboxylic acids is 2. The van der Waals surface area contributed by atoms with E-state index < -0.39 is 11.5 Å². The van der Waals surface area contributed by atoms with Gasteiger partial charge >= 0.3 is 0 Å². The van der Waals surface area contributed by atoms with E-state index in [2.05, 4.69) is 28.3 Å². The van der Waals surface area contributed by atoms with Crippen LogP contribution in [0.2, 0.25) is 0 Å². The zero-order valence-electron chi connectivity index (χ0n) is 18.4. The van der Waals surface area contributed by atoms with Crippen LogP contribution in [0.4, 0.5) is 11.4 Å². The molecule has 3 atom stereocenters. The number of carbonyl (C=O) groups is 2. The summed E-state index contributed by atoms with van der Waals surface area (Å²) in [6, 6.07) is 11.4. The standard InChI is InChI=1S/C24H29N3O3S/c1-14-11-15(2)21-19(12-14)24(23(29)26-21)20(13-17(27-24)9-10-31-4)22(28)25-16-5-7-18(30-3)8-6-16/h5-8,11-12,17,20,27H,9-10,13H2,1-4H3,(H,25,28)(H,26,29)/t17-,20+,24+/m1/s1. The molecule has 2 amide bonds. The number of methoxy groups -OCH3 is 1. The summed E-state index contributed by atoms with van der Waals surface area (Å²) in [4.78, 5) is 26.9. The molecule has 3 N–H and O–H groups in total. The number of nitrogens with one attached hydrogen (secondary N) is 3. The van der Waals surface area contributed by atoms with Crippen molar-refractivity contribution >= 4 is 35.0 Å². The first-order valence-corrected chi connectivity index (χ1v) is 11.9. The van der Waals surface area contributed by atoms with E-state index in [0.29, 0.717) is 12.1 Å². The summed E-state index contributed by atoms with van der Waals surface area (Å²) in [7, 11) is 1.61. The quantitative estimate of drug-likeness (QED) is 0.638. The average molecular weight is 440 g/mol. The number of fused-ring (bicyclic) bond motifs is 2. The van der Waals surface area contributed by atoms with Crippen molar-refractivity contribution < 1.29 is 14.3 Å². The lowest BCUT2D eigenvalue weighted by Gasteiger charge is -2.29. The van der Waals surface area contributed by atoms with Gasteiger partial charge in [0.25, 0.3) is 0 Å². The van der Waals surface area contributed by atoms with Gasteiger partial charge in [-0.05, 0) is 68.5 Å². The molecule has 2 aromatic rings. The van der Waals surface area contributed by atoms with E-state index >= 15 is 0 Å². The number of aryl methyl sites for hydroxylation is 2. The normalized spacial score (nSPS) is 24.2. The van der Waals surface area contributed by atoms with E-state index in [1.54, 1.807) is 18.9 Å². The van der Waals surface area contributed by atoms with E-state index in [0.717, 1.165) is 40.3 Å². The molecule has 1 spiro atoms. The number of thioether (sulfide) groups is 1. The minimum atomic E-state index is -1.05. The van der Waals surface area contributed by atoms with Crippen molar-refractivity contribution in [2.75, 3.05) is 29.8 Å². The third kappa shape index (κ3) is 3.81. The number of hydrogen-bond donors (Lipinski definition) is 3. The molecule has 6 nitrogen and oxygen atoms in total. The zero-order chi connectivity index (χ0) is 22.2. The fourth-order valence-electron chi connectivity index (χ4n) is 4.87. The molecule has 0 unspecified atom stereocenters. The van der Waals surface area contributed by atoms with Gasteiger partial charge in [0.1, 0.15) is 11.3 Å². The largest absolute Gasteiger partial charge is 0.497 e. The maximum absolute atomic E-state index is 13.5. The molecule has 1 saturated heterocycles. The highest BCUT2D eigenvalue weighted by Gasteiger charge is 2.60. The fraction of sp³-hybridized carbons (Fsp3) is 0.417. The van der Waals surface area contributed by atoms with Crippen molar-refractivity contribution in [2.45, 2.75) is 38.3 Å². The molecule has 0 bridgehead atoms. The van der Waals surface area contributed by atoms with E-state index in [-0.39, 0.29) is 17.9 Å². The molecule has 0 aliphatic carbocycles. The molecule has 0 saturated carbocycles. The van der Waals surface area contributed by atoms with Gasteiger partial charge in [0.05, 0.1) is 13.0 Å². The molecule has 2 aliphatic rings. The third-order valence-corrected chi connectivity index (χ3v) is 6.96. The summed E-state index contributed by atoms with van der Waals surface area (Å²) in [5, 5.41) is 9.68. The molecule has 7 heteroatoms. The molecule has 2 aromatic carbocycles. The van der Waals surface area contributed by atoms with Crippen LogP contribution < -0.4 is 20.7 Å². The lowest BCUT2D eigenvalue weighted by Crippen LogP contribution is -2.52. The van der Waals surface area contributed by atoms with E-state index in [9.17, 15) is 9.59 Å². The van der Waals surface area contributed by atoms with Crippen LogP contribution in [0.3, 0.4) is 0 Å². The van der Waals surface area contributed by atoms with Crippen LogP contribution in [0.25, 0.3) is 0 Å². The van der Waals surface area contributed by atoms with Crippen LogP contribution in [0, 0.1) is 19.8 Å². The van der Waals surface area contributed by atoms with Crippen molar-refractivity contribution in [3.8, 4) is 5.75 Å². The molecular weight excluding hydrogens is 410 g/mol.